The van der Waals surface area contributed by atoms with Crippen LogP contribution in [-0.2, 0) is 0 Å². The van der Waals surface area contributed by atoms with Gasteiger partial charge in [-0.3, -0.25) is 0 Å². The van der Waals surface area contributed by atoms with Gasteiger partial charge in [0.25, 0.3) is 0 Å². The molecule has 0 aliphatic rings. The van der Waals surface area contributed by atoms with Crippen LogP contribution in [-0.4, -0.2) is 54.2 Å². The Labute approximate surface area is 130 Å². The summed E-state index contributed by atoms with van der Waals surface area (Å²) in [7, 11) is 0. The molecule has 1 atom stereocenters. The van der Waals surface area contributed by atoms with Gasteiger partial charge in [0.1, 0.15) is 0 Å². The number of rotatable bonds is 10. The van der Waals surface area contributed by atoms with Crippen molar-refractivity contribution >= 4 is 0 Å². The van der Waals surface area contributed by atoms with Gasteiger partial charge in [-0.25, -0.2) is 0 Å². The minimum atomic E-state index is -0.390. The summed E-state index contributed by atoms with van der Waals surface area (Å²) in [5.41, 5.74) is 2.23. The molecule has 3 heteroatoms. The third-order valence-corrected chi connectivity index (χ3v) is 4.15. The van der Waals surface area contributed by atoms with E-state index < -0.39 is 6.10 Å². The molecule has 1 unspecified atom stereocenters. The van der Waals surface area contributed by atoms with Gasteiger partial charge >= 0.3 is 0 Å². The molecule has 1 aromatic rings. The van der Waals surface area contributed by atoms with Gasteiger partial charge in [-0.05, 0) is 51.6 Å². The lowest BCUT2D eigenvalue weighted by Crippen LogP contribution is -2.32. The first kappa shape index (κ1) is 18.1. The van der Waals surface area contributed by atoms with E-state index in [1.807, 2.05) is 12.1 Å². The fraction of sp³-hybridized carbons (Fsp3) is 0.667. The Bertz CT molecular complexity index is 391. The van der Waals surface area contributed by atoms with E-state index in [1.165, 1.54) is 5.56 Å². The molecule has 0 radical (unpaired) electrons. The summed E-state index contributed by atoms with van der Waals surface area (Å²) < 4.78 is 0. The third-order valence-electron chi connectivity index (χ3n) is 4.15. The Kier molecular flexibility index (Phi) is 8.58. The normalized spacial score (nSPS) is 13.1. The van der Waals surface area contributed by atoms with Crippen LogP contribution in [0.15, 0.2) is 24.3 Å². The van der Waals surface area contributed by atoms with Gasteiger partial charge in [0, 0.05) is 6.54 Å². The largest absolute Gasteiger partial charge is 0.387 e. The van der Waals surface area contributed by atoms with Crippen molar-refractivity contribution in [2.24, 2.45) is 0 Å². The van der Waals surface area contributed by atoms with Crippen molar-refractivity contribution in [1.29, 1.82) is 0 Å². The second-order valence-corrected chi connectivity index (χ2v) is 5.70. The first-order chi connectivity index (χ1) is 10.1. The van der Waals surface area contributed by atoms with E-state index in [2.05, 4.69) is 49.6 Å². The highest BCUT2D eigenvalue weighted by molar-refractivity contribution is 5.24. The highest BCUT2D eigenvalue weighted by Crippen LogP contribution is 2.15. The molecule has 0 spiro atoms. The van der Waals surface area contributed by atoms with Crippen LogP contribution >= 0.6 is 0 Å². The van der Waals surface area contributed by atoms with Gasteiger partial charge in [0.2, 0.25) is 0 Å². The molecular formula is C18H32N2O. The fourth-order valence-electron chi connectivity index (χ4n) is 2.66. The van der Waals surface area contributed by atoms with Crippen molar-refractivity contribution in [3.05, 3.63) is 35.4 Å². The summed E-state index contributed by atoms with van der Waals surface area (Å²) in [5, 5.41) is 10.4. The molecule has 0 aliphatic heterocycles. The molecule has 0 aliphatic carbocycles. The molecule has 0 fully saturated rings. The molecule has 0 aromatic heterocycles. The van der Waals surface area contributed by atoms with Crippen molar-refractivity contribution in [2.75, 3.05) is 39.3 Å². The fourth-order valence-corrected chi connectivity index (χ4v) is 2.66. The smallest absolute Gasteiger partial charge is 0.0917 e. The van der Waals surface area contributed by atoms with Gasteiger partial charge in [0.05, 0.1) is 6.10 Å². The molecule has 0 saturated carbocycles. The Hall–Kier alpha value is -0.900. The maximum Gasteiger partial charge on any atom is 0.0917 e. The van der Waals surface area contributed by atoms with E-state index in [-0.39, 0.29) is 0 Å². The lowest BCUT2D eigenvalue weighted by Gasteiger charge is -2.25. The number of benzene rings is 1. The second-order valence-electron chi connectivity index (χ2n) is 5.70. The van der Waals surface area contributed by atoms with E-state index >= 15 is 0 Å². The lowest BCUT2D eigenvalue weighted by atomic mass is 10.1. The van der Waals surface area contributed by atoms with Crippen molar-refractivity contribution in [3.63, 3.8) is 0 Å². The molecule has 1 aromatic carbocycles. The van der Waals surface area contributed by atoms with E-state index in [0.717, 1.165) is 51.3 Å². The summed E-state index contributed by atoms with van der Waals surface area (Å²) in [4.78, 5) is 4.79. The molecule has 1 rings (SSSR count). The van der Waals surface area contributed by atoms with Gasteiger partial charge in [-0.2, -0.15) is 0 Å². The highest BCUT2D eigenvalue weighted by Gasteiger charge is 2.12. The van der Waals surface area contributed by atoms with Gasteiger partial charge in [-0.15, -0.1) is 0 Å². The monoisotopic (exact) mass is 292 g/mol. The molecule has 0 bridgehead atoms. The maximum absolute atomic E-state index is 10.4. The molecule has 120 valence electrons. The number of nitrogens with zero attached hydrogens (tertiary/aromatic N) is 2. The van der Waals surface area contributed by atoms with E-state index in [4.69, 9.17) is 0 Å². The minimum Gasteiger partial charge on any atom is -0.387 e. The predicted molar refractivity (Wildman–Crippen MR) is 90.7 cm³/mol. The number of hydrogen-bond donors (Lipinski definition) is 1. The van der Waals surface area contributed by atoms with Gasteiger partial charge < -0.3 is 14.9 Å². The topological polar surface area (TPSA) is 26.7 Å². The quantitative estimate of drug-likeness (QED) is 0.718. The Morgan fingerprint density at radius 1 is 1.00 bits per heavy atom. The van der Waals surface area contributed by atoms with Crippen LogP contribution in [0.25, 0.3) is 0 Å². The molecule has 3 nitrogen and oxygen atoms in total. The standard InChI is InChI=1S/C18H32N2O/c1-5-19(6-2)12-9-13-20(7-3)15-18(21)17-11-8-10-16(4)14-17/h8,10-11,14,18,21H,5-7,9,12-13,15H2,1-4H3. The van der Waals surface area contributed by atoms with Crippen molar-refractivity contribution in [1.82, 2.24) is 9.80 Å². The summed E-state index contributed by atoms with van der Waals surface area (Å²) in [6, 6.07) is 8.18. The summed E-state index contributed by atoms with van der Waals surface area (Å²) in [5.74, 6) is 0. The zero-order chi connectivity index (χ0) is 15.7. The van der Waals surface area contributed by atoms with Gasteiger partial charge in [-0.1, -0.05) is 50.6 Å². The van der Waals surface area contributed by atoms with Crippen molar-refractivity contribution < 1.29 is 5.11 Å². The lowest BCUT2D eigenvalue weighted by molar-refractivity contribution is 0.113. The Balaban J connectivity index is 2.42. The molecular weight excluding hydrogens is 260 g/mol. The summed E-state index contributed by atoms with van der Waals surface area (Å²) in [6.07, 6.45) is 0.772. The van der Waals surface area contributed by atoms with Crippen LogP contribution in [0.2, 0.25) is 0 Å². The van der Waals surface area contributed by atoms with Crippen LogP contribution < -0.4 is 0 Å². The van der Waals surface area contributed by atoms with E-state index in [1.54, 1.807) is 0 Å². The highest BCUT2D eigenvalue weighted by atomic mass is 16.3. The molecule has 1 N–H and O–H groups in total. The Morgan fingerprint density at radius 3 is 2.19 bits per heavy atom. The third kappa shape index (κ3) is 6.60. The zero-order valence-electron chi connectivity index (χ0n) is 14.2. The maximum atomic E-state index is 10.4. The van der Waals surface area contributed by atoms with Crippen molar-refractivity contribution in [2.45, 2.75) is 40.2 Å². The minimum absolute atomic E-state index is 0.390. The van der Waals surface area contributed by atoms with Crippen LogP contribution in [0, 0.1) is 6.92 Å². The van der Waals surface area contributed by atoms with E-state index in [9.17, 15) is 5.11 Å². The predicted octanol–water partition coefficient (Wildman–Crippen LogP) is 3.08. The van der Waals surface area contributed by atoms with Crippen molar-refractivity contribution in [3.8, 4) is 0 Å². The molecule has 0 saturated heterocycles. The second kappa shape index (κ2) is 9.93. The number of likely N-dealkylation sites (N-methyl/N-ethyl adjacent to an activating group) is 1. The number of aliphatic hydroxyl groups excluding tert-OH is 1. The first-order valence-corrected chi connectivity index (χ1v) is 8.30. The van der Waals surface area contributed by atoms with Crippen LogP contribution in [0.1, 0.15) is 44.4 Å². The SMILES string of the molecule is CCN(CC)CCCN(CC)CC(O)c1cccc(C)c1. The number of hydrogen-bond acceptors (Lipinski definition) is 3. The molecule has 0 heterocycles. The molecule has 21 heavy (non-hydrogen) atoms. The van der Waals surface area contributed by atoms with Gasteiger partial charge in [0.15, 0.2) is 0 Å². The summed E-state index contributed by atoms with van der Waals surface area (Å²) >= 11 is 0. The number of aliphatic hydroxyl groups is 1. The van der Waals surface area contributed by atoms with Crippen LogP contribution in [0.3, 0.4) is 0 Å². The number of aryl methyl sites for hydroxylation is 1. The van der Waals surface area contributed by atoms with Crippen LogP contribution in [0.4, 0.5) is 0 Å². The zero-order valence-corrected chi connectivity index (χ0v) is 14.2. The van der Waals surface area contributed by atoms with E-state index in [0.29, 0.717) is 0 Å². The summed E-state index contributed by atoms with van der Waals surface area (Å²) in [6.45, 7) is 14.8. The first-order valence-electron chi connectivity index (χ1n) is 8.30. The Morgan fingerprint density at radius 2 is 1.62 bits per heavy atom. The average molecular weight is 292 g/mol. The molecule has 0 amide bonds. The van der Waals surface area contributed by atoms with Crippen LogP contribution in [0.5, 0.6) is 0 Å². The average Bonchev–Trinajstić information content (AvgIpc) is 2.50.